The summed E-state index contributed by atoms with van der Waals surface area (Å²) >= 11 is -1.94. The van der Waals surface area contributed by atoms with Gasteiger partial charge < -0.3 is 15.7 Å². The Morgan fingerprint density at radius 1 is 1.37 bits per heavy atom. The highest BCUT2D eigenvalue weighted by Gasteiger charge is 2.44. The lowest BCUT2D eigenvalue weighted by Crippen LogP contribution is -2.43. The van der Waals surface area contributed by atoms with Crippen molar-refractivity contribution in [2.45, 2.75) is 31.2 Å². The number of carbonyl (C=O) groups is 1. The van der Waals surface area contributed by atoms with Crippen molar-refractivity contribution in [2.75, 3.05) is 29.3 Å². The third-order valence-corrected chi connectivity index (χ3v) is 6.18. The van der Waals surface area contributed by atoms with E-state index in [9.17, 15) is 27.3 Å². The van der Waals surface area contributed by atoms with Crippen LogP contribution in [0.15, 0.2) is 6.07 Å². The first-order chi connectivity index (χ1) is 12.7. The van der Waals surface area contributed by atoms with Crippen LogP contribution in [0.3, 0.4) is 0 Å². The van der Waals surface area contributed by atoms with E-state index in [0.717, 1.165) is 4.31 Å². The summed E-state index contributed by atoms with van der Waals surface area (Å²) in [5.41, 5.74) is 0.499. The summed E-state index contributed by atoms with van der Waals surface area (Å²) in [7, 11) is 0. The molecule has 4 rings (SSSR count). The van der Waals surface area contributed by atoms with Crippen LogP contribution in [0.5, 0.6) is 5.75 Å². The number of nitrogens with zero attached hydrogens (tertiary/aromatic N) is 1. The van der Waals surface area contributed by atoms with Gasteiger partial charge in [0.1, 0.15) is 18.0 Å². The van der Waals surface area contributed by atoms with Crippen molar-refractivity contribution >= 4 is 28.5 Å². The Hall–Kier alpha value is -2.01. The minimum atomic E-state index is -2.54. The van der Waals surface area contributed by atoms with E-state index in [1.807, 2.05) is 0 Å². The van der Waals surface area contributed by atoms with E-state index < -0.39 is 34.6 Å². The molecule has 27 heavy (non-hydrogen) atoms. The van der Waals surface area contributed by atoms with Gasteiger partial charge in [-0.1, -0.05) is 0 Å². The Balaban J connectivity index is 1.41. The van der Waals surface area contributed by atoms with Crippen LogP contribution in [0.2, 0.25) is 0 Å². The molecule has 0 spiro atoms. The number of aromatic hydroxyl groups is 1. The molecule has 2 aliphatic heterocycles. The van der Waals surface area contributed by atoms with Gasteiger partial charge in [0.05, 0.1) is 0 Å². The molecule has 2 fully saturated rings. The van der Waals surface area contributed by atoms with Gasteiger partial charge in [-0.15, -0.1) is 0 Å². The molecule has 2 heterocycles. The molecule has 1 aromatic rings. The lowest BCUT2D eigenvalue weighted by Gasteiger charge is -2.35. The smallest absolute Gasteiger partial charge is 0.253 e. The van der Waals surface area contributed by atoms with Gasteiger partial charge in [0.2, 0.25) is 17.1 Å². The molecule has 1 aliphatic carbocycles. The third-order valence-electron chi connectivity index (χ3n) is 5.07. The van der Waals surface area contributed by atoms with Gasteiger partial charge >= 0.3 is 0 Å². The minimum absolute atomic E-state index is 0.0497. The molecule has 0 radical (unpaired) electrons. The Labute approximate surface area is 156 Å². The van der Waals surface area contributed by atoms with E-state index in [2.05, 4.69) is 15.4 Å². The number of hydrogen-bond donors (Lipinski definition) is 4. The summed E-state index contributed by atoms with van der Waals surface area (Å²) in [4.78, 5) is 11.4. The molecule has 1 saturated carbocycles. The maximum atomic E-state index is 14.9. The normalized spacial score (nSPS) is 26.5. The second-order valence-corrected chi connectivity index (χ2v) is 8.37. The standard InChI is InChI=1S/C16H19F3N4O3S/c17-14-10-1-9(6-20-5-8-3-16(18,19)4-8)21-11(10)2-12(24)15(14)23-7-13(25)22-27(23)26/h2,8-9,20-21,24H,1,3-7H2,(H,22,25). The van der Waals surface area contributed by atoms with Crippen molar-refractivity contribution in [1.29, 1.82) is 0 Å². The summed E-state index contributed by atoms with van der Waals surface area (Å²) in [5, 5.41) is 16.4. The first-order valence-corrected chi connectivity index (χ1v) is 9.72. The van der Waals surface area contributed by atoms with Gasteiger partial charge in [0, 0.05) is 42.7 Å². The zero-order valence-corrected chi connectivity index (χ0v) is 15.0. The molecule has 0 aromatic heterocycles. The van der Waals surface area contributed by atoms with Gasteiger partial charge in [-0.05, 0) is 18.9 Å². The molecule has 11 heteroatoms. The fourth-order valence-corrected chi connectivity index (χ4v) is 4.74. The van der Waals surface area contributed by atoms with Crippen molar-refractivity contribution in [1.82, 2.24) is 10.0 Å². The molecule has 1 amide bonds. The Morgan fingerprint density at radius 3 is 2.74 bits per heavy atom. The van der Waals surface area contributed by atoms with E-state index in [1.54, 1.807) is 0 Å². The van der Waals surface area contributed by atoms with Gasteiger partial charge in [0.15, 0.2) is 5.82 Å². The van der Waals surface area contributed by atoms with E-state index in [0.29, 0.717) is 30.8 Å². The number of halogens is 3. The van der Waals surface area contributed by atoms with Crippen molar-refractivity contribution in [3.8, 4) is 5.75 Å². The number of phenols is 1. The monoisotopic (exact) mass is 404 g/mol. The highest BCUT2D eigenvalue weighted by Crippen LogP contribution is 2.43. The van der Waals surface area contributed by atoms with Gasteiger partial charge in [-0.25, -0.2) is 17.4 Å². The number of carbonyl (C=O) groups excluding carboxylic acids is 1. The van der Waals surface area contributed by atoms with Crippen LogP contribution in [-0.2, 0) is 22.4 Å². The molecule has 148 valence electrons. The molecule has 0 bridgehead atoms. The molecule has 1 saturated heterocycles. The lowest BCUT2D eigenvalue weighted by molar-refractivity contribution is -0.117. The van der Waals surface area contributed by atoms with Crippen LogP contribution in [-0.4, -0.2) is 46.8 Å². The maximum absolute atomic E-state index is 14.9. The minimum Gasteiger partial charge on any atom is -0.506 e. The van der Waals surface area contributed by atoms with Gasteiger partial charge in [0.25, 0.3) is 5.91 Å². The molecule has 7 nitrogen and oxygen atoms in total. The highest BCUT2D eigenvalue weighted by molar-refractivity contribution is 7.85. The van der Waals surface area contributed by atoms with Crippen LogP contribution in [0.1, 0.15) is 18.4 Å². The van der Waals surface area contributed by atoms with Crippen molar-refractivity contribution in [2.24, 2.45) is 5.92 Å². The topological polar surface area (TPSA) is 93.7 Å². The average Bonchev–Trinajstić information content (AvgIpc) is 3.08. The zero-order chi connectivity index (χ0) is 19.3. The largest absolute Gasteiger partial charge is 0.506 e. The van der Waals surface area contributed by atoms with Crippen LogP contribution in [0.25, 0.3) is 0 Å². The van der Waals surface area contributed by atoms with E-state index in [1.165, 1.54) is 6.07 Å². The quantitative estimate of drug-likeness (QED) is 0.588. The fraction of sp³-hybridized carbons (Fsp3) is 0.562. The average molecular weight is 404 g/mol. The number of anilines is 2. The molecule has 4 N–H and O–H groups in total. The van der Waals surface area contributed by atoms with Gasteiger partial charge in [-0.3, -0.25) is 13.8 Å². The molecule has 2 unspecified atom stereocenters. The van der Waals surface area contributed by atoms with Crippen LogP contribution in [0, 0.1) is 11.7 Å². The fourth-order valence-electron chi connectivity index (χ4n) is 3.80. The maximum Gasteiger partial charge on any atom is 0.253 e. The SMILES string of the molecule is O=C1CN(c2c(O)cc3c(c2F)CC(CNCC2CC(F)(F)C2)N3)S(=O)N1. The molecule has 2 atom stereocenters. The number of hydrogen-bond acceptors (Lipinski definition) is 5. The summed E-state index contributed by atoms with van der Waals surface area (Å²) in [5.74, 6) is -4.24. The van der Waals surface area contributed by atoms with Crippen LogP contribution >= 0.6 is 0 Å². The van der Waals surface area contributed by atoms with Crippen molar-refractivity contribution in [3.05, 3.63) is 17.4 Å². The summed E-state index contributed by atoms with van der Waals surface area (Å²) < 4.78 is 55.6. The van der Waals surface area contributed by atoms with E-state index in [-0.39, 0.29) is 37.0 Å². The van der Waals surface area contributed by atoms with Crippen LogP contribution in [0.4, 0.5) is 24.5 Å². The number of benzene rings is 1. The predicted octanol–water partition coefficient (Wildman–Crippen LogP) is 1.02. The number of fused-ring (bicyclic) bond motifs is 1. The summed E-state index contributed by atoms with van der Waals surface area (Å²) in [6.07, 6.45) is 0.109. The Morgan fingerprint density at radius 2 is 2.11 bits per heavy atom. The number of amides is 1. The predicted molar refractivity (Wildman–Crippen MR) is 93.4 cm³/mol. The zero-order valence-electron chi connectivity index (χ0n) is 14.2. The second-order valence-electron chi connectivity index (χ2n) is 7.23. The first kappa shape index (κ1) is 18.4. The lowest BCUT2D eigenvalue weighted by atomic mass is 9.81. The first-order valence-electron chi connectivity index (χ1n) is 8.62. The highest BCUT2D eigenvalue weighted by atomic mass is 32.2. The second kappa shape index (κ2) is 6.55. The number of alkyl halides is 2. The number of nitrogens with one attached hydrogen (secondary N) is 3. The Bertz CT molecular complexity index is 815. The Kier molecular flexibility index (Phi) is 4.46. The van der Waals surface area contributed by atoms with Crippen molar-refractivity contribution in [3.63, 3.8) is 0 Å². The summed E-state index contributed by atoms with van der Waals surface area (Å²) in [6, 6.07) is 1.19. The molecule has 3 aliphatic rings. The van der Waals surface area contributed by atoms with Gasteiger partial charge in [-0.2, -0.15) is 0 Å². The van der Waals surface area contributed by atoms with E-state index in [4.69, 9.17) is 0 Å². The summed E-state index contributed by atoms with van der Waals surface area (Å²) in [6.45, 7) is 0.631. The van der Waals surface area contributed by atoms with E-state index >= 15 is 0 Å². The molecular formula is C16H19F3N4O3S. The molecular weight excluding hydrogens is 385 g/mol. The number of rotatable bonds is 5. The molecule has 1 aromatic carbocycles. The van der Waals surface area contributed by atoms with Crippen LogP contribution < -0.4 is 19.7 Å². The van der Waals surface area contributed by atoms with Crippen molar-refractivity contribution < 1.29 is 27.3 Å². The third kappa shape index (κ3) is 3.45. The number of phenolic OH excluding ortho intramolecular Hbond substituents is 1.